The molecule has 94 valence electrons. The van der Waals surface area contributed by atoms with Gasteiger partial charge in [-0.2, -0.15) is 0 Å². The lowest BCUT2D eigenvalue weighted by Gasteiger charge is -2.40. The van der Waals surface area contributed by atoms with Crippen molar-refractivity contribution >= 4 is 17.4 Å². The summed E-state index contributed by atoms with van der Waals surface area (Å²) in [5.41, 5.74) is 1.73. The molecule has 0 saturated heterocycles. The molecule has 1 nitrogen and oxygen atoms in total. The van der Waals surface area contributed by atoms with Gasteiger partial charge in [-0.25, -0.2) is 0 Å². The molecule has 1 fully saturated rings. The Morgan fingerprint density at radius 1 is 1.24 bits per heavy atom. The van der Waals surface area contributed by atoms with Gasteiger partial charge in [-0.3, -0.25) is 0 Å². The van der Waals surface area contributed by atoms with Crippen molar-refractivity contribution in [1.82, 2.24) is 0 Å². The fraction of sp³-hybridized carbons (Fsp3) is 0.600. The summed E-state index contributed by atoms with van der Waals surface area (Å²) >= 11 is 1.82. The zero-order valence-corrected chi connectivity index (χ0v) is 11.9. The molecule has 0 radical (unpaired) electrons. The van der Waals surface area contributed by atoms with Gasteiger partial charge in [-0.05, 0) is 36.6 Å². The third kappa shape index (κ3) is 2.98. The smallest absolute Gasteiger partial charge is 0.0480 e. The van der Waals surface area contributed by atoms with E-state index in [0.717, 1.165) is 0 Å². The van der Waals surface area contributed by atoms with Gasteiger partial charge in [0, 0.05) is 16.6 Å². The summed E-state index contributed by atoms with van der Waals surface area (Å²) in [5, 5.41) is 3.77. The lowest BCUT2D eigenvalue weighted by atomic mass is 9.73. The summed E-state index contributed by atoms with van der Waals surface area (Å²) in [6.07, 6.45) is 7.53. The van der Waals surface area contributed by atoms with Crippen molar-refractivity contribution in [1.29, 1.82) is 0 Å². The number of hydrogen-bond acceptors (Lipinski definition) is 2. The predicted molar refractivity (Wildman–Crippen MR) is 77.9 cm³/mol. The van der Waals surface area contributed by atoms with Crippen LogP contribution in [0, 0.1) is 5.41 Å². The van der Waals surface area contributed by atoms with E-state index in [2.05, 4.69) is 49.7 Å². The molecular weight excluding hydrogens is 226 g/mol. The second kappa shape index (κ2) is 5.34. The number of para-hydroxylation sites is 1. The molecule has 1 N–H and O–H groups in total. The molecule has 0 spiro atoms. The van der Waals surface area contributed by atoms with Crippen LogP contribution in [0.1, 0.15) is 39.5 Å². The van der Waals surface area contributed by atoms with E-state index >= 15 is 0 Å². The van der Waals surface area contributed by atoms with Crippen LogP contribution in [0.2, 0.25) is 0 Å². The molecule has 2 heteroatoms. The van der Waals surface area contributed by atoms with Crippen molar-refractivity contribution < 1.29 is 0 Å². The molecule has 0 aromatic heterocycles. The van der Waals surface area contributed by atoms with Crippen LogP contribution in [0.3, 0.4) is 0 Å². The van der Waals surface area contributed by atoms with Crippen molar-refractivity contribution in [3.8, 4) is 0 Å². The van der Waals surface area contributed by atoms with E-state index in [1.807, 2.05) is 11.8 Å². The van der Waals surface area contributed by atoms with Gasteiger partial charge in [0.05, 0.1) is 0 Å². The molecule has 1 aromatic carbocycles. The molecule has 1 aromatic rings. The van der Waals surface area contributed by atoms with Gasteiger partial charge in [-0.1, -0.05) is 38.8 Å². The Morgan fingerprint density at radius 3 is 2.71 bits per heavy atom. The summed E-state index contributed by atoms with van der Waals surface area (Å²) in [6.45, 7) is 4.79. The van der Waals surface area contributed by atoms with E-state index < -0.39 is 0 Å². The first-order valence-electron chi connectivity index (χ1n) is 6.53. The first kappa shape index (κ1) is 12.8. The van der Waals surface area contributed by atoms with Crippen LogP contribution in [-0.2, 0) is 0 Å². The normalized spacial score (nSPS) is 23.4. The second-order valence-corrected chi connectivity index (χ2v) is 6.48. The Morgan fingerprint density at radius 2 is 2.00 bits per heavy atom. The molecule has 0 aliphatic heterocycles. The van der Waals surface area contributed by atoms with Gasteiger partial charge < -0.3 is 5.32 Å². The quantitative estimate of drug-likeness (QED) is 0.773. The molecule has 1 aliphatic rings. The number of nitrogens with one attached hydrogen (secondary N) is 1. The average Bonchev–Trinajstić information content (AvgIpc) is 2.32. The largest absolute Gasteiger partial charge is 0.381 e. The minimum atomic E-state index is 0.420. The highest BCUT2D eigenvalue weighted by Crippen LogP contribution is 2.38. The molecule has 0 heterocycles. The second-order valence-electron chi connectivity index (χ2n) is 5.63. The van der Waals surface area contributed by atoms with Crippen molar-refractivity contribution in [2.75, 3.05) is 11.6 Å². The Balaban J connectivity index is 2.14. The first-order chi connectivity index (χ1) is 8.13. The summed E-state index contributed by atoms with van der Waals surface area (Å²) in [4.78, 5) is 1.36. The van der Waals surface area contributed by atoms with E-state index in [9.17, 15) is 0 Å². The molecule has 1 aliphatic carbocycles. The number of thioether (sulfide) groups is 1. The van der Waals surface area contributed by atoms with Crippen LogP contribution in [0.5, 0.6) is 0 Å². The highest BCUT2D eigenvalue weighted by Gasteiger charge is 2.32. The topological polar surface area (TPSA) is 12.0 Å². The van der Waals surface area contributed by atoms with E-state index in [1.54, 1.807) is 0 Å². The zero-order valence-electron chi connectivity index (χ0n) is 11.1. The van der Waals surface area contributed by atoms with Gasteiger partial charge in [0.25, 0.3) is 0 Å². The van der Waals surface area contributed by atoms with Crippen molar-refractivity contribution in [2.45, 2.75) is 50.5 Å². The maximum absolute atomic E-state index is 3.77. The van der Waals surface area contributed by atoms with Crippen LogP contribution in [0.15, 0.2) is 29.2 Å². The summed E-state index contributed by atoms with van der Waals surface area (Å²) in [7, 11) is 0. The van der Waals surface area contributed by atoms with E-state index in [1.165, 1.54) is 36.3 Å². The molecule has 2 rings (SSSR count). The Kier molecular flexibility index (Phi) is 4.03. The maximum Gasteiger partial charge on any atom is 0.0480 e. The van der Waals surface area contributed by atoms with E-state index in [0.29, 0.717) is 11.5 Å². The monoisotopic (exact) mass is 249 g/mol. The minimum Gasteiger partial charge on any atom is -0.381 e. The lowest BCUT2D eigenvalue weighted by molar-refractivity contribution is 0.217. The third-order valence-corrected chi connectivity index (χ3v) is 4.74. The van der Waals surface area contributed by atoms with Gasteiger partial charge in [-0.15, -0.1) is 11.8 Å². The minimum absolute atomic E-state index is 0.420. The number of benzene rings is 1. The zero-order chi connectivity index (χ0) is 12.3. The number of hydrogen-bond donors (Lipinski definition) is 1. The Labute approximate surface area is 109 Å². The van der Waals surface area contributed by atoms with Gasteiger partial charge in [0.15, 0.2) is 0 Å². The summed E-state index contributed by atoms with van der Waals surface area (Å²) in [5.74, 6) is 0. The SMILES string of the molecule is CSc1ccccc1NC1CCCCC1(C)C. The van der Waals surface area contributed by atoms with Crippen LogP contribution in [-0.4, -0.2) is 12.3 Å². The van der Waals surface area contributed by atoms with Crippen LogP contribution < -0.4 is 5.32 Å². The average molecular weight is 249 g/mol. The van der Waals surface area contributed by atoms with E-state index in [4.69, 9.17) is 0 Å². The fourth-order valence-corrected chi connectivity index (χ4v) is 3.27. The van der Waals surface area contributed by atoms with Gasteiger partial charge in [0.2, 0.25) is 0 Å². The van der Waals surface area contributed by atoms with Crippen molar-refractivity contribution in [2.24, 2.45) is 5.41 Å². The lowest BCUT2D eigenvalue weighted by Crippen LogP contribution is -2.39. The number of anilines is 1. The van der Waals surface area contributed by atoms with Crippen molar-refractivity contribution in [3.63, 3.8) is 0 Å². The van der Waals surface area contributed by atoms with Gasteiger partial charge >= 0.3 is 0 Å². The van der Waals surface area contributed by atoms with Crippen LogP contribution in [0.25, 0.3) is 0 Å². The molecular formula is C15H23NS. The first-order valence-corrected chi connectivity index (χ1v) is 7.75. The molecule has 17 heavy (non-hydrogen) atoms. The number of rotatable bonds is 3. The maximum atomic E-state index is 3.77. The highest BCUT2D eigenvalue weighted by atomic mass is 32.2. The predicted octanol–water partition coefficient (Wildman–Crippen LogP) is 4.79. The molecule has 1 saturated carbocycles. The Bertz CT molecular complexity index is 373. The molecule has 0 amide bonds. The summed E-state index contributed by atoms with van der Waals surface area (Å²) in [6, 6.07) is 9.25. The third-order valence-electron chi connectivity index (χ3n) is 3.94. The molecule has 1 unspecified atom stereocenters. The highest BCUT2D eigenvalue weighted by molar-refractivity contribution is 7.98. The fourth-order valence-electron chi connectivity index (χ4n) is 2.71. The molecule has 1 atom stereocenters. The van der Waals surface area contributed by atoms with Crippen LogP contribution in [0.4, 0.5) is 5.69 Å². The van der Waals surface area contributed by atoms with Gasteiger partial charge in [0.1, 0.15) is 0 Å². The summed E-state index contributed by atoms with van der Waals surface area (Å²) < 4.78 is 0. The Hall–Kier alpha value is -0.630. The standard InChI is InChI=1S/C15H23NS/c1-15(2)11-7-6-10-14(15)16-12-8-4-5-9-13(12)17-3/h4-5,8-9,14,16H,6-7,10-11H2,1-3H3. The van der Waals surface area contributed by atoms with E-state index in [-0.39, 0.29) is 0 Å². The van der Waals surface area contributed by atoms with Crippen LogP contribution >= 0.6 is 11.8 Å². The molecule has 0 bridgehead atoms. The van der Waals surface area contributed by atoms with Crippen molar-refractivity contribution in [3.05, 3.63) is 24.3 Å².